The number of carbonyl (C=O) groups is 2. The molecule has 8 nitrogen and oxygen atoms in total. The molecule has 0 radical (unpaired) electrons. The van der Waals surface area contributed by atoms with Crippen molar-refractivity contribution in [1.29, 1.82) is 0 Å². The zero-order valence-corrected chi connectivity index (χ0v) is 16.0. The molecule has 1 amide bonds. The number of esters is 1. The molecule has 1 aromatic heterocycles. The van der Waals surface area contributed by atoms with E-state index < -0.39 is 18.5 Å². The van der Waals surface area contributed by atoms with Gasteiger partial charge in [-0.25, -0.2) is 4.79 Å². The van der Waals surface area contributed by atoms with E-state index in [1.807, 2.05) is 31.2 Å². The average molecular weight is 430 g/mol. The van der Waals surface area contributed by atoms with Crippen molar-refractivity contribution in [2.75, 3.05) is 11.9 Å². The van der Waals surface area contributed by atoms with Gasteiger partial charge in [-0.2, -0.15) is 4.80 Å². The van der Waals surface area contributed by atoms with E-state index in [9.17, 15) is 9.59 Å². The van der Waals surface area contributed by atoms with Crippen molar-refractivity contribution in [1.82, 2.24) is 20.2 Å². The molecule has 2 aromatic carbocycles. The third kappa shape index (κ3) is 5.45. The van der Waals surface area contributed by atoms with Gasteiger partial charge in [0.2, 0.25) is 5.82 Å². The second-order valence-corrected chi connectivity index (χ2v) is 6.64. The van der Waals surface area contributed by atoms with E-state index in [2.05, 4.69) is 36.7 Å². The van der Waals surface area contributed by atoms with Crippen LogP contribution in [0, 0.1) is 6.92 Å². The first-order valence-corrected chi connectivity index (χ1v) is 8.85. The number of anilines is 1. The Morgan fingerprint density at radius 3 is 2.52 bits per heavy atom. The Labute approximate surface area is 163 Å². The van der Waals surface area contributed by atoms with Crippen molar-refractivity contribution < 1.29 is 14.3 Å². The molecule has 9 heteroatoms. The van der Waals surface area contributed by atoms with E-state index in [1.165, 1.54) is 0 Å². The summed E-state index contributed by atoms with van der Waals surface area (Å²) in [4.78, 5) is 24.8. The number of amides is 1. The maximum atomic E-state index is 11.9. The molecule has 0 saturated carbocycles. The monoisotopic (exact) mass is 429 g/mol. The van der Waals surface area contributed by atoms with E-state index in [0.29, 0.717) is 11.5 Å². The molecule has 0 bridgehead atoms. The van der Waals surface area contributed by atoms with Gasteiger partial charge in [0, 0.05) is 15.7 Å². The highest BCUT2D eigenvalue weighted by Crippen LogP contribution is 2.14. The number of benzene rings is 2. The normalized spacial score (nSPS) is 10.4. The van der Waals surface area contributed by atoms with E-state index in [1.54, 1.807) is 24.3 Å². The summed E-state index contributed by atoms with van der Waals surface area (Å²) in [6.45, 7) is 1.36. The fraction of sp³-hybridized carbons (Fsp3) is 0.167. The summed E-state index contributed by atoms with van der Waals surface area (Å²) in [5.41, 5.74) is 2.53. The van der Waals surface area contributed by atoms with Crippen LogP contribution in [0.15, 0.2) is 53.0 Å². The SMILES string of the molecule is Cc1ccc(-c2nnn(CC(=O)OCC(=O)Nc3ccc(Br)cc3)n2)cc1. The second kappa shape index (κ2) is 8.54. The summed E-state index contributed by atoms with van der Waals surface area (Å²) in [5, 5.41) is 14.5. The summed E-state index contributed by atoms with van der Waals surface area (Å²) in [5.74, 6) is -0.651. The maximum absolute atomic E-state index is 11.9. The molecule has 3 rings (SSSR count). The largest absolute Gasteiger partial charge is 0.454 e. The van der Waals surface area contributed by atoms with Gasteiger partial charge in [0.1, 0.15) is 0 Å². The number of aromatic nitrogens is 4. The number of carbonyl (C=O) groups excluding carboxylic acids is 2. The first-order chi connectivity index (χ1) is 13.0. The van der Waals surface area contributed by atoms with E-state index >= 15 is 0 Å². The molecule has 0 fully saturated rings. The molecular formula is C18H16BrN5O3. The van der Waals surface area contributed by atoms with Crippen molar-refractivity contribution in [2.45, 2.75) is 13.5 Å². The van der Waals surface area contributed by atoms with Crippen LogP contribution in [0.1, 0.15) is 5.56 Å². The van der Waals surface area contributed by atoms with Crippen LogP contribution in [0.25, 0.3) is 11.4 Å². The zero-order valence-electron chi connectivity index (χ0n) is 14.4. The third-order valence-corrected chi connectivity index (χ3v) is 4.05. The molecule has 0 saturated heterocycles. The van der Waals surface area contributed by atoms with Crippen LogP contribution in [-0.2, 0) is 20.9 Å². The Morgan fingerprint density at radius 2 is 1.81 bits per heavy atom. The molecule has 0 aliphatic carbocycles. The Hall–Kier alpha value is -3.07. The molecule has 0 unspecified atom stereocenters. The molecule has 3 aromatic rings. The number of aryl methyl sites for hydroxylation is 1. The second-order valence-electron chi connectivity index (χ2n) is 5.73. The van der Waals surface area contributed by atoms with Crippen molar-refractivity contribution in [3.8, 4) is 11.4 Å². The molecule has 138 valence electrons. The fourth-order valence-electron chi connectivity index (χ4n) is 2.17. The van der Waals surface area contributed by atoms with Crippen LogP contribution in [0.3, 0.4) is 0 Å². The van der Waals surface area contributed by atoms with Crippen LogP contribution in [0.5, 0.6) is 0 Å². The van der Waals surface area contributed by atoms with Crippen molar-refractivity contribution in [3.63, 3.8) is 0 Å². The van der Waals surface area contributed by atoms with Gasteiger partial charge in [0.05, 0.1) is 0 Å². The molecule has 0 atom stereocenters. The van der Waals surface area contributed by atoms with Crippen LogP contribution >= 0.6 is 15.9 Å². The lowest BCUT2D eigenvalue weighted by Crippen LogP contribution is -2.23. The van der Waals surface area contributed by atoms with Gasteiger partial charge in [-0.3, -0.25) is 4.79 Å². The average Bonchev–Trinajstić information content (AvgIpc) is 3.11. The van der Waals surface area contributed by atoms with Crippen LogP contribution in [-0.4, -0.2) is 38.7 Å². The lowest BCUT2D eigenvalue weighted by molar-refractivity contribution is -0.148. The number of rotatable bonds is 6. The quantitative estimate of drug-likeness (QED) is 0.604. The number of tetrazole rings is 1. The molecule has 1 N–H and O–H groups in total. The predicted octanol–water partition coefficient (Wildman–Crippen LogP) is 2.59. The van der Waals surface area contributed by atoms with Gasteiger partial charge in [-0.1, -0.05) is 45.8 Å². The molecular weight excluding hydrogens is 414 g/mol. The third-order valence-electron chi connectivity index (χ3n) is 3.53. The smallest absolute Gasteiger partial charge is 0.330 e. The highest BCUT2D eigenvalue weighted by molar-refractivity contribution is 9.10. The number of ether oxygens (including phenoxy) is 1. The first-order valence-electron chi connectivity index (χ1n) is 8.05. The van der Waals surface area contributed by atoms with Crippen molar-refractivity contribution in [3.05, 3.63) is 58.6 Å². The van der Waals surface area contributed by atoms with Crippen LogP contribution in [0.2, 0.25) is 0 Å². The van der Waals surface area contributed by atoms with E-state index in [0.717, 1.165) is 20.4 Å². The van der Waals surface area contributed by atoms with Crippen molar-refractivity contribution in [2.24, 2.45) is 0 Å². The van der Waals surface area contributed by atoms with Gasteiger partial charge in [0.15, 0.2) is 13.2 Å². The molecule has 0 aliphatic rings. The Balaban J connectivity index is 1.48. The van der Waals surface area contributed by atoms with Gasteiger partial charge >= 0.3 is 5.97 Å². The molecule has 0 spiro atoms. The van der Waals surface area contributed by atoms with Gasteiger partial charge in [-0.05, 0) is 36.4 Å². The highest BCUT2D eigenvalue weighted by atomic mass is 79.9. The number of nitrogens with zero attached hydrogens (tertiary/aromatic N) is 4. The summed E-state index contributed by atoms with van der Waals surface area (Å²) in [7, 11) is 0. The van der Waals surface area contributed by atoms with Gasteiger partial charge in [0.25, 0.3) is 5.91 Å². The highest BCUT2D eigenvalue weighted by Gasteiger charge is 2.12. The fourth-order valence-corrected chi connectivity index (χ4v) is 2.43. The zero-order chi connectivity index (χ0) is 19.2. The number of halogens is 1. The van der Waals surface area contributed by atoms with Crippen LogP contribution < -0.4 is 5.32 Å². The Morgan fingerprint density at radius 1 is 1.11 bits per heavy atom. The molecule has 0 aliphatic heterocycles. The minimum atomic E-state index is -0.631. The summed E-state index contributed by atoms with van der Waals surface area (Å²) in [6.07, 6.45) is 0. The molecule has 27 heavy (non-hydrogen) atoms. The first kappa shape index (κ1) is 18.7. The standard InChI is InChI=1S/C18H16BrN5O3/c1-12-2-4-13(5-3-12)18-21-23-24(22-18)10-17(26)27-11-16(25)20-15-8-6-14(19)7-9-15/h2-9H,10-11H2,1H3,(H,20,25). The lowest BCUT2D eigenvalue weighted by Gasteiger charge is -2.06. The minimum absolute atomic E-state index is 0.232. The number of nitrogens with one attached hydrogen (secondary N) is 1. The summed E-state index contributed by atoms with van der Waals surface area (Å²) < 4.78 is 5.85. The van der Waals surface area contributed by atoms with Crippen molar-refractivity contribution >= 4 is 33.5 Å². The predicted molar refractivity (Wildman–Crippen MR) is 102 cm³/mol. The van der Waals surface area contributed by atoms with Gasteiger partial charge < -0.3 is 10.1 Å². The van der Waals surface area contributed by atoms with Crippen LogP contribution in [0.4, 0.5) is 5.69 Å². The topological polar surface area (TPSA) is 99.0 Å². The minimum Gasteiger partial charge on any atom is -0.454 e. The Bertz CT molecular complexity index is 938. The lowest BCUT2D eigenvalue weighted by atomic mass is 10.1. The number of hydrogen-bond donors (Lipinski definition) is 1. The molecule has 1 heterocycles. The summed E-state index contributed by atoms with van der Waals surface area (Å²) >= 11 is 3.31. The maximum Gasteiger partial charge on any atom is 0.330 e. The summed E-state index contributed by atoms with van der Waals surface area (Å²) in [6, 6.07) is 14.7. The van der Waals surface area contributed by atoms with E-state index in [4.69, 9.17) is 4.74 Å². The van der Waals surface area contributed by atoms with Gasteiger partial charge in [-0.15, -0.1) is 10.2 Å². The Kier molecular flexibility index (Phi) is 5.92. The van der Waals surface area contributed by atoms with E-state index in [-0.39, 0.29) is 6.54 Å². The number of hydrogen-bond acceptors (Lipinski definition) is 6.